The number of nitrogens with zero attached hydrogens (tertiary/aromatic N) is 2. The van der Waals surface area contributed by atoms with E-state index in [9.17, 15) is 4.79 Å². The van der Waals surface area contributed by atoms with Crippen LogP contribution in [0.25, 0.3) is 0 Å². The minimum absolute atomic E-state index is 0.134. The zero-order valence-electron chi connectivity index (χ0n) is 18.5. The van der Waals surface area contributed by atoms with E-state index >= 15 is 0 Å². The fourth-order valence-corrected chi connectivity index (χ4v) is 9.13. The second-order valence-corrected chi connectivity index (χ2v) is 14.1. The Kier molecular flexibility index (Phi) is 6.51. The molecule has 0 unspecified atom stereocenters. The summed E-state index contributed by atoms with van der Waals surface area (Å²) in [7, 11) is -2.68. The normalized spacial score (nSPS) is 16.8. The minimum Gasteiger partial charge on any atom is -0.441 e. The molecule has 32 heavy (non-hydrogen) atoms. The molecule has 0 spiro atoms. The summed E-state index contributed by atoms with van der Waals surface area (Å²) >= 11 is 3.38. The van der Waals surface area contributed by atoms with Crippen LogP contribution in [0.2, 0.25) is 5.04 Å². The lowest BCUT2D eigenvalue weighted by Crippen LogP contribution is -2.67. The van der Waals surface area contributed by atoms with Crippen LogP contribution in [0.15, 0.2) is 83.5 Å². The van der Waals surface area contributed by atoms with Gasteiger partial charge in [0.05, 0.1) is 13.2 Å². The maximum absolute atomic E-state index is 12.5. The van der Waals surface area contributed by atoms with E-state index in [1.807, 2.05) is 18.2 Å². The highest BCUT2D eigenvalue weighted by atomic mass is 79.9. The predicted octanol–water partition coefficient (Wildman–Crippen LogP) is 4.75. The van der Waals surface area contributed by atoms with Gasteiger partial charge in [0, 0.05) is 10.7 Å². The number of carbonyl (C=O) groups excluding carboxylic acids is 1. The molecule has 2 aromatic carbocycles. The Labute approximate surface area is 198 Å². The maximum atomic E-state index is 12.5. The predicted molar refractivity (Wildman–Crippen MR) is 133 cm³/mol. The fraction of sp³-hybridized carbons (Fsp3) is 0.280. The van der Waals surface area contributed by atoms with Crippen molar-refractivity contribution in [2.75, 3.05) is 18.1 Å². The number of cyclic esters (lactones) is 1. The number of aromatic nitrogens is 1. The molecule has 0 saturated carbocycles. The van der Waals surface area contributed by atoms with E-state index < -0.39 is 14.4 Å². The molecule has 166 valence electrons. The Bertz CT molecular complexity index is 1020. The van der Waals surface area contributed by atoms with Crippen LogP contribution >= 0.6 is 15.9 Å². The zero-order valence-corrected chi connectivity index (χ0v) is 21.1. The third-order valence-electron chi connectivity index (χ3n) is 5.76. The lowest BCUT2D eigenvalue weighted by atomic mass is 10.2. The molecule has 0 aliphatic carbocycles. The van der Waals surface area contributed by atoms with Gasteiger partial charge in [-0.15, -0.1) is 0 Å². The summed E-state index contributed by atoms with van der Waals surface area (Å²) in [5, 5.41) is 2.27. The molecule has 4 rings (SSSR count). The smallest absolute Gasteiger partial charge is 0.416 e. The first kappa shape index (κ1) is 22.7. The van der Waals surface area contributed by atoms with Crippen molar-refractivity contribution in [1.82, 2.24) is 4.98 Å². The summed E-state index contributed by atoms with van der Waals surface area (Å²) in [5.41, 5.74) is 0. The number of anilines is 1. The molecular formula is C25H27BrN2O3Si. The van der Waals surface area contributed by atoms with E-state index in [0.717, 1.165) is 4.47 Å². The third kappa shape index (κ3) is 4.37. The van der Waals surface area contributed by atoms with Crippen molar-refractivity contribution in [2.45, 2.75) is 31.9 Å². The van der Waals surface area contributed by atoms with Gasteiger partial charge in [0.15, 0.2) is 0 Å². The molecule has 1 aromatic heterocycles. The second kappa shape index (κ2) is 9.17. The van der Waals surface area contributed by atoms with Gasteiger partial charge in [0.1, 0.15) is 11.9 Å². The summed E-state index contributed by atoms with van der Waals surface area (Å²) in [4.78, 5) is 18.4. The highest BCUT2D eigenvalue weighted by molar-refractivity contribution is 9.10. The molecule has 3 aromatic rings. The number of ether oxygens (including phenoxy) is 1. The van der Waals surface area contributed by atoms with Gasteiger partial charge in [-0.1, -0.05) is 81.4 Å². The molecular weight excluding hydrogens is 484 g/mol. The van der Waals surface area contributed by atoms with Crippen LogP contribution in [0, 0.1) is 0 Å². The van der Waals surface area contributed by atoms with Gasteiger partial charge in [0.25, 0.3) is 8.32 Å². The van der Waals surface area contributed by atoms with Crippen molar-refractivity contribution in [1.29, 1.82) is 0 Å². The Morgan fingerprint density at radius 2 is 1.62 bits per heavy atom. The van der Waals surface area contributed by atoms with E-state index in [4.69, 9.17) is 9.16 Å². The molecule has 7 heteroatoms. The standard InChI is InChI=1S/C25H27BrN2O3Si/c1-25(2,3)32(21-10-6-4-7-11-21,22-12-8-5-9-13-22)30-18-20-17-28(24(29)31-20)23-15-14-19(26)16-27-23/h4-16,20H,17-18H2,1-3H3/t20-/m0/s1. The number of pyridine rings is 1. The van der Waals surface area contributed by atoms with Crippen molar-refractivity contribution in [2.24, 2.45) is 0 Å². The van der Waals surface area contributed by atoms with E-state index in [1.54, 1.807) is 17.2 Å². The number of amides is 1. The lowest BCUT2D eigenvalue weighted by molar-refractivity contribution is 0.101. The largest absolute Gasteiger partial charge is 0.441 e. The average molecular weight is 511 g/mol. The van der Waals surface area contributed by atoms with E-state index in [-0.39, 0.29) is 11.1 Å². The van der Waals surface area contributed by atoms with Crippen molar-refractivity contribution in [3.63, 3.8) is 0 Å². The van der Waals surface area contributed by atoms with Crippen molar-refractivity contribution < 1.29 is 14.0 Å². The topological polar surface area (TPSA) is 51.7 Å². The van der Waals surface area contributed by atoms with Gasteiger partial charge in [-0.2, -0.15) is 0 Å². The lowest BCUT2D eigenvalue weighted by Gasteiger charge is -2.43. The second-order valence-electron chi connectivity index (χ2n) is 8.93. The van der Waals surface area contributed by atoms with Gasteiger partial charge >= 0.3 is 6.09 Å². The molecule has 1 aliphatic rings. The van der Waals surface area contributed by atoms with Crippen molar-refractivity contribution in [3.8, 4) is 0 Å². The number of benzene rings is 2. The minimum atomic E-state index is -2.68. The third-order valence-corrected chi connectivity index (χ3v) is 11.2. The maximum Gasteiger partial charge on any atom is 0.416 e. The Hall–Kier alpha value is -2.48. The van der Waals surface area contributed by atoms with Crippen LogP contribution in [0.3, 0.4) is 0 Å². The summed E-state index contributed by atoms with van der Waals surface area (Å²) in [5.74, 6) is 0.575. The summed E-state index contributed by atoms with van der Waals surface area (Å²) in [6.07, 6.45) is 0.917. The van der Waals surface area contributed by atoms with Gasteiger partial charge < -0.3 is 9.16 Å². The van der Waals surface area contributed by atoms with E-state index in [0.29, 0.717) is 19.0 Å². The molecule has 1 saturated heterocycles. The quantitative estimate of drug-likeness (QED) is 0.449. The molecule has 1 atom stereocenters. The highest BCUT2D eigenvalue weighted by Gasteiger charge is 2.51. The van der Waals surface area contributed by atoms with Crippen LogP contribution in [0.5, 0.6) is 0 Å². The van der Waals surface area contributed by atoms with Gasteiger partial charge in [0.2, 0.25) is 0 Å². The molecule has 1 fully saturated rings. The summed E-state index contributed by atoms with van der Waals surface area (Å²) < 4.78 is 13.4. The van der Waals surface area contributed by atoms with Crippen molar-refractivity contribution in [3.05, 3.63) is 83.5 Å². The summed E-state index contributed by atoms with van der Waals surface area (Å²) in [6.45, 7) is 7.44. The monoisotopic (exact) mass is 510 g/mol. The van der Waals surface area contributed by atoms with Crippen LogP contribution in [0.4, 0.5) is 10.6 Å². The van der Waals surface area contributed by atoms with Crippen LogP contribution in [-0.2, 0) is 9.16 Å². The number of carbonyl (C=O) groups is 1. The SMILES string of the molecule is CC(C)(C)[Si](OC[C@@H]1CN(c2ccc(Br)cn2)C(=O)O1)(c1ccccc1)c1ccccc1. The average Bonchev–Trinajstić information content (AvgIpc) is 3.16. The first-order valence-corrected chi connectivity index (χ1v) is 13.4. The van der Waals surface area contributed by atoms with Crippen LogP contribution in [-0.4, -0.2) is 38.7 Å². The number of hydrogen-bond donors (Lipinski definition) is 0. The number of halogens is 1. The number of hydrogen-bond acceptors (Lipinski definition) is 4. The summed E-state index contributed by atoms with van der Waals surface area (Å²) in [6, 6.07) is 24.6. The van der Waals surface area contributed by atoms with Crippen LogP contribution < -0.4 is 15.3 Å². The molecule has 1 aliphatic heterocycles. The molecule has 1 amide bonds. The molecule has 2 heterocycles. The number of rotatable bonds is 6. The molecule has 5 nitrogen and oxygen atoms in total. The van der Waals surface area contributed by atoms with Crippen molar-refractivity contribution >= 4 is 46.5 Å². The molecule has 0 radical (unpaired) electrons. The van der Waals surface area contributed by atoms with Gasteiger partial charge in [-0.25, -0.2) is 9.78 Å². The van der Waals surface area contributed by atoms with Gasteiger partial charge in [-0.3, -0.25) is 4.90 Å². The Morgan fingerprint density at radius 1 is 1.03 bits per heavy atom. The van der Waals surface area contributed by atoms with Crippen LogP contribution in [0.1, 0.15) is 20.8 Å². The Morgan fingerprint density at radius 3 is 2.12 bits per heavy atom. The molecule has 0 N–H and O–H groups in total. The van der Waals surface area contributed by atoms with E-state index in [1.165, 1.54) is 10.4 Å². The van der Waals surface area contributed by atoms with E-state index in [2.05, 4.69) is 90.2 Å². The fourth-order valence-electron chi connectivity index (χ4n) is 4.30. The molecule has 0 bridgehead atoms. The zero-order chi connectivity index (χ0) is 22.8. The first-order chi connectivity index (χ1) is 15.3. The highest BCUT2D eigenvalue weighted by Crippen LogP contribution is 2.37. The van der Waals surface area contributed by atoms with Gasteiger partial charge in [-0.05, 0) is 43.5 Å². The Balaban J connectivity index is 1.63. The first-order valence-electron chi connectivity index (χ1n) is 10.7.